The van der Waals surface area contributed by atoms with Crippen LogP contribution in [-0.2, 0) is 0 Å². The lowest BCUT2D eigenvalue weighted by Gasteiger charge is -2.02. The van der Waals surface area contributed by atoms with Gasteiger partial charge in [0.25, 0.3) is 0 Å². The fraction of sp³-hybridized carbons (Fsp3) is 0.500. The highest BCUT2D eigenvalue weighted by Gasteiger charge is 1.96. The largest absolute Gasteiger partial charge is 0.285 e. The predicted molar refractivity (Wildman–Crippen MR) is 44.8 cm³/mol. The fourth-order valence-corrected chi connectivity index (χ4v) is 0.834. The SMILES string of the molecule is CC(C)N=C1C=NC=CC1. The van der Waals surface area contributed by atoms with Gasteiger partial charge in [-0.1, -0.05) is 6.08 Å². The van der Waals surface area contributed by atoms with Crippen LogP contribution < -0.4 is 0 Å². The standard InChI is InChI=1S/C8H12N2/c1-7(2)10-8-4-3-5-9-6-8/h3,5-7H,4H2,1-2H3. The molecule has 0 saturated carbocycles. The van der Waals surface area contributed by atoms with E-state index in [1.165, 1.54) is 0 Å². The maximum atomic E-state index is 4.35. The van der Waals surface area contributed by atoms with E-state index in [2.05, 4.69) is 23.8 Å². The minimum Gasteiger partial charge on any atom is -0.285 e. The van der Waals surface area contributed by atoms with Gasteiger partial charge in [0, 0.05) is 24.9 Å². The van der Waals surface area contributed by atoms with E-state index in [-0.39, 0.29) is 0 Å². The van der Waals surface area contributed by atoms with Crippen molar-refractivity contribution in [1.82, 2.24) is 0 Å². The number of hydrogen-bond acceptors (Lipinski definition) is 2. The Morgan fingerprint density at radius 1 is 1.60 bits per heavy atom. The Morgan fingerprint density at radius 3 is 2.90 bits per heavy atom. The third kappa shape index (κ3) is 2.13. The molecule has 0 unspecified atom stereocenters. The molecule has 54 valence electrons. The highest BCUT2D eigenvalue weighted by molar-refractivity contribution is 6.31. The molecule has 0 aromatic heterocycles. The summed E-state index contributed by atoms with van der Waals surface area (Å²) in [6.45, 7) is 4.14. The van der Waals surface area contributed by atoms with Crippen LogP contribution in [0.15, 0.2) is 22.3 Å². The molecule has 0 spiro atoms. The van der Waals surface area contributed by atoms with Crippen LogP contribution >= 0.6 is 0 Å². The lowest BCUT2D eigenvalue weighted by molar-refractivity contribution is 0.835. The van der Waals surface area contributed by atoms with E-state index in [0.29, 0.717) is 6.04 Å². The molecule has 1 rings (SSSR count). The van der Waals surface area contributed by atoms with Crippen LogP contribution in [0.4, 0.5) is 0 Å². The first kappa shape index (κ1) is 7.19. The van der Waals surface area contributed by atoms with Crippen LogP contribution in [0.1, 0.15) is 20.3 Å². The van der Waals surface area contributed by atoms with Crippen molar-refractivity contribution < 1.29 is 0 Å². The second-order valence-corrected chi connectivity index (χ2v) is 2.58. The van der Waals surface area contributed by atoms with Gasteiger partial charge in [-0.05, 0) is 13.8 Å². The lowest BCUT2D eigenvalue weighted by atomic mass is 10.2. The molecule has 10 heavy (non-hydrogen) atoms. The van der Waals surface area contributed by atoms with E-state index < -0.39 is 0 Å². The zero-order valence-corrected chi connectivity index (χ0v) is 6.41. The summed E-state index contributed by atoms with van der Waals surface area (Å²) >= 11 is 0. The Morgan fingerprint density at radius 2 is 2.40 bits per heavy atom. The molecular formula is C8H12N2. The molecule has 0 fully saturated rings. The van der Waals surface area contributed by atoms with Crippen molar-refractivity contribution in [2.45, 2.75) is 26.3 Å². The molecule has 2 heteroatoms. The predicted octanol–water partition coefficient (Wildman–Crippen LogP) is 1.82. The molecule has 0 bridgehead atoms. The molecule has 0 atom stereocenters. The molecule has 0 aromatic carbocycles. The summed E-state index contributed by atoms with van der Waals surface area (Å²) in [5.41, 5.74) is 1.08. The average Bonchev–Trinajstić information content (AvgIpc) is 1.88. The Balaban J connectivity index is 2.58. The quantitative estimate of drug-likeness (QED) is 0.525. The third-order valence-corrected chi connectivity index (χ3v) is 1.17. The molecule has 0 amide bonds. The summed E-state index contributed by atoms with van der Waals surface area (Å²) in [6, 6.07) is 0.382. The first-order valence-corrected chi connectivity index (χ1v) is 3.54. The molecular weight excluding hydrogens is 124 g/mol. The average molecular weight is 136 g/mol. The van der Waals surface area contributed by atoms with Gasteiger partial charge < -0.3 is 0 Å². The molecule has 0 aromatic rings. The van der Waals surface area contributed by atoms with Gasteiger partial charge in [-0.3, -0.25) is 9.98 Å². The zero-order chi connectivity index (χ0) is 7.40. The molecule has 0 N–H and O–H groups in total. The summed E-state index contributed by atoms with van der Waals surface area (Å²) in [7, 11) is 0. The molecule has 0 saturated heterocycles. The van der Waals surface area contributed by atoms with Crippen LogP contribution in [0.2, 0.25) is 0 Å². The van der Waals surface area contributed by atoms with Gasteiger partial charge in [0.15, 0.2) is 0 Å². The first-order chi connectivity index (χ1) is 4.79. The summed E-state index contributed by atoms with van der Waals surface area (Å²) in [5, 5.41) is 0. The van der Waals surface area contributed by atoms with Crippen LogP contribution in [-0.4, -0.2) is 18.0 Å². The molecule has 1 heterocycles. The number of hydrogen-bond donors (Lipinski definition) is 0. The van der Waals surface area contributed by atoms with Crippen LogP contribution in [0, 0.1) is 0 Å². The van der Waals surface area contributed by atoms with E-state index in [4.69, 9.17) is 0 Å². The Kier molecular flexibility index (Phi) is 2.37. The molecule has 1 aliphatic rings. The monoisotopic (exact) mass is 136 g/mol. The van der Waals surface area contributed by atoms with E-state index in [0.717, 1.165) is 12.1 Å². The van der Waals surface area contributed by atoms with Crippen LogP contribution in [0.25, 0.3) is 0 Å². The van der Waals surface area contributed by atoms with Crippen molar-refractivity contribution in [3.05, 3.63) is 12.3 Å². The molecule has 2 nitrogen and oxygen atoms in total. The number of rotatable bonds is 1. The minimum absolute atomic E-state index is 0.382. The highest BCUT2D eigenvalue weighted by Crippen LogP contribution is 1.97. The summed E-state index contributed by atoms with van der Waals surface area (Å²) in [6.07, 6.45) is 6.57. The van der Waals surface area contributed by atoms with Crippen molar-refractivity contribution in [2.24, 2.45) is 9.98 Å². The van der Waals surface area contributed by atoms with Gasteiger partial charge in [0.1, 0.15) is 0 Å². The Bertz CT molecular complexity index is 187. The highest BCUT2D eigenvalue weighted by atomic mass is 14.8. The van der Waals surface area contributed by atoms with Gasteiger partial charge in [0.05, 0.1) is 5.71 Å². The van der Waals surface area contributed by atoms with Gasteiger partial charge in [-0.15, -0.1) is 0 Å². The van der Waals surface area contributed by atoms with Crippen molar-refractivity contribution >= 4 is 11.9 Å². The second-order valence-electron chi connectivity index (χ2n) is 2.58. The summed E-state index contributed by atoms with van der Waals surface area (Å²) in [4.78, 5) is 8.33. The maximum absolute atomic E-state index is 4.35. The van der Waals surface area contributed by atoms with Crippen molar-refractivity contribution in [2.75, 3.05) is 0 Å². The second kappa shape index (κ2) is 3.30. The first-order valence-electron chi connectivity index (χ1n) is 3.54. The fourth-order valence-electron chi connectivity index (χ4n) is 0.834. The van der Waals surface area contributed by atoms with Crippen molar-refractivity contribution in [3.63, 3.8) is 0 Å². The van der Waals surface area contributed by atoms with Crippen molar-refractivity contribution in [3.8, 4) is 0 Å². The van der Waals surface area contributed by atoms with Gasteiger partial charge >= 0.3 is 0 Å². The van der Waals surface area contributed by atoms with E-state index in [1.54, 1.807) is 6.20 Å². The Labute approximate surface area is 61.4 Å². The molecule has 0 radical (unpaired) electrons. The van der Waals surface area contributed by atoms with Crippen molar-refractivity contribution in [1.29, 1.82) is 0 Å². The molecule has 0 aliphatic carbocycles. The Hall–Kier alpha value is -0.920. The number of nitrogens with zero attached hydrogens (tertiary/aromatic N) is 2. The van der Waals surface area contributed by atoms with Gasteiger partial charge in [0.2, 0.25) is 0 Å². The third-order valence-electron chi connectivity index (χ3n) is 1.17. The minimum atomic E-state index is 0.382. The topological polar surface area (TPSA) is 24.7 Å². The summed E-state index contributed by atoms with van der Waals surface area (Å²) in [5.74, 6) is 0. The van der Waals surface area contributed by atoms with Crippen LogP contribution in [0.3, 0.4) is 0 Å². The van der Waals surface area contributed by atoms with E-state index >= 15 is 0 Å². The summed E-state index contributed by atoms with van der Waals surface area (Å²) < 4.78 is 0. The number of aliphatic imine (C=N–C) groups is 2. The molecule has 1 aliphatic heterocycles. The van der Waals surface area contributed by atoms with Gasteiger partial charge in [-0.2, -0.15) is 0 Å². The zero-order valence-electron chi connectivity index (χ0n) is 6.41. The number of allylic oxidation sites excluding steroid dienone is 1. The van der Waals surface area contributed by atoms with Crippen LogP contribution in [0.5, 0.6) is 0 Å². The van der Waals surface area contributed by atoms with E-state index in [9.17, 15) is 0 Å². The van der Waals surface area contributed by atoms with Gasteiger partial charge in [-0.25, -0.2) is 0 Å². The lowest BCUT2D eigenvalue weighted by Crippen LogP contribution is -2.04. The maximum Gasteiger partial charge on any atom is 0.0572 e. The van der Waals surface area contributed by atoms with E-state index in [1.807, 2.05) is 12.3 Å². The smallest absolute Gasteiger partial charge is 0.0572 e. The normalized spacial score (nSPS) is 20.9.